The molecule has 5 nitrogen and oxygen atoms in total. The number of carbonyl (C=O) groups is 1. The maximum atomic E-state index is 12.9. The van der Waals surface area contributed by atoms with Crippen LogP contribution in [0.1, 0.15) is 43.1 Å². The monoisotopic (exact) mass is 290 g/mol. The summed E-state index contributed by atoms with van der Waals surface area (Å²) in [6.45, 7) is 5.77. The van der Waals surface area contributed by atoms with Crippen LogP contribution < -0.4 is 5.32 Å². The predicted octanol–water partition coefficient (Wildman–Crippen LogP) is 2.63. The molecule has 0 saturated heterocycles. The molecule has 2 rings (SSSR count). The molecule has 1 atom stereocenters. The van der Waals surface area contributed by atoms with Crippen molar-refractivity contribution in [2.75, 3.05) is 0 Å². The van der Waals surface area contributed by atoms with Gasteiger partial charge in [0, 0.05) is 6.04 Å². The van der Waals surface area contributed by atoms with Gasteiger partial charge in [0.15, 0.2) is 0 Å². The molecule has 0 spiro atoms. The normalized spacial score (nSPS) is 12.2. The van der Waals surface area contributed by atoms with Crippen molar-refractivity contribution in [3.63, 3.8) is 0 Å². The van der Waals surface area contributed by atoms with Gasteiger partial charge in [0.1, 0.15) is 11.6 Å². The van der Waals surface area contributed by atoms with Gasteiger partial charge in [0.05, 0.1) is 5.69 Å². The third-order valence-electron chi connectivity index (χ3n) is 3.14. The number of aryl methyl sites for hydroxylation is 1. The molecule has 1 aromatic heterocycles. The average Bonchev–Trinajstić information content (AvgIpc) is 2.82. The molecule has 1 unspecified atom stereocenters. The summed E-state index contributed by atoms with van der Waals surface area (Å²) in [7, 11) is 0. The van der Waals surface area contributed by atoms with Crippen LogP contribution in [0.25, 0.3) is 5.69 Å². The highest BCUT2D eigenvalue weighted by Gasteiger charge is 2.16. The molecule has 6 heteroatoms. The minimum atomic E-state index is -0.317. The Balaban J connectivity index is 2.19. The highest BCUT2D eigenvalue weighted by Crippen LogP contribution is 2.10. The van der Waals surface area contributed by atoms with Gasteiger partial charge in [-0.15, -0.1) is 5.10 Å². The van der Waals surface area contributed by atoms with Crippen molar-refractivity contribution in [2.45, 2.75) is 39.7 Å². The molecule has 0 radical (unpaired) electrons. The lowest BCUT2D eigenvalue weighted by atomic mass is 10.2. The molecule has 21 heavy (non-hydrogen) atoms. The van der Waals surface area contributed by atoms with Crippen LogP contribution in [-0.4, -0.2) is 26.7 Å². The van der Waals surface area contributed by atoms with E-state index >= 15 is 0 Å². The number of aromatic nitrogens is 3. The van der Waals surface area contributed by atoms with Gasteiger partial charge in [-0.25, -0.2) is 14.1 Å². The zero-order valence-corrected chi connectivity index (χ0v) is 12.4. The van der Waals surface area contributed by atoms with E-state index < -0.39 is 0 Å². The minimum absolute atomic E-state index is 0.0839. The number of hydrogen-bond acceptors (Lipinski definition) is 3. The van der Waals surface area contributed by atoms with Crippen LogP contribution in [0.4, 0.5) is 4.39 Å². The summed E-state index contributed by atoms with van der Waals surface area (Å²) >= 11 is 0. The van der Waals surface area contributed by atoms with Crippen molar-refractivity contribution < 1.29 is 9.18 Å². The number of benzene rings is 1. The average molecular weight is 290 g/mol. The summed E-state index contributed by atoms with van der Waals surface area (Å²) in [5.74, 6) is 0.0949. The first kappa shape index (κ1) is 15.2. The topological polar surface area (TPSA) is 59.8 Å². The number of halogens is 1. The molecule has 0 aliphatic carbocycles. The van der Waals surface area contributed by atoms with E-state index in [1.807, 2.05) is 6.92 Å². The van der Waals surface area contributed by atoms with Crippen molar-refractivity contribution >= 4 is 5.91 Å². The Morgan fingerprint density at radius 1 is 1.38 bits per heavy atom. The summed E-state index contributed by atoms with van der Waals surface area (Å²) in [6.07, 6.45) is 1.90. The molecule has 112 valence electrons. The van der Waals surface area contributed by atoms with E-state index in [2.05, 4.69) is 22.3 Å². The first-order valence-corrected chi connectivity index (χ1v) is 7.01. The number of hydrogen-bond donors (Lipinski definition) is 1. The Labute approximate surface area is 123 Å². The van der Waals surface area contributed by atoms with Crippen molar-refractivity contribution in [2.24, 2.45) is 0 Å². The summed E-state index contributed by atoms with van der Waals surface area (Å²) < 4.78 is 14.5. The van der Waals surface area contributed by atoms with Gasteiger partial charge in [-0.3, -0.25) is 4.79 Å². The standard InChI is InChI=1S/C15H19FN4O/c1-4-5-10(2)17-15(21)14-18-11(3)20(19-14)13-8-6-12(16)7-9-13/h6-10H,4-5H2,1-3H3,(H,17,21). The summed E-state index contributed by atoms with van der Waals surface area (Å²) in [5, 5.41) is 7.05. The fourth-order valence-corrected chi connectivity index (χ4v) is 2.11. The Bertz CT molecular complexity index is 621. The molecule has 2 aromatic rings. The first-order chi connectivity index (χ1) is 10.0. The van der Waals surface area contributed by atoms with Crippen molar-refractivity contribution in [3.8, 4) is 5.69 Å². The molecule has 1 amide bonds. The Hall–Kier alpha value is -2.24. The van der Waals surface area contributed by atoms with Crippen molar-refractivity contribution in [3.05, 3.63) is 41.7 Å². The van der Waals surface area contributed by atoms with Gasteiger partial charge >= 0.3 is 0 Å². The lowest BCUT2D eigenvalue weighted by molar-refractivity contribution is 0.0928. The maximum Gasteiger partial charge on any atom is 0.291 e. The lowest BCUT2D eigenvalue weighted by Crippen LogP contribution is -2.33. The number of carbonyl (C=O) groups excluding carboxylic acids is 1. The molecule has 0 saturated carbocycles. The first-order valence-electron chi connectivity index (χ1n) is 7.01. The highest BCUT2D eigenvalue weighted by atomic mass is 19.1. The quantitative estimate of drug-likeness (QED) is 0.921. The largest absolute Gasteiger partial charge is 0.347 e. The second-order valence-electron chi connectivity index (χ2n) is 5.03. The van der Waals surface area contributed by atoms with Gasteiger partial charge in [-0.05, 0) is 44.5 Å². The predicted molar refractivity (Wildman–Crippen MR) is 77.9 cm³/mol. The van der Waals surface area contributed by atoms with E-state index in [1.165, 1.54) is 16.8 Å². The number of rotatable bonds is 5. The zero-order valence-electron chi connectivity index (χ0n) is 12.4. The van der Waals surface area contributed by atoms with Crippen LogP contribution in [0.3, 0.4) is 0 Å². The third kappa shape index (κ3) is 3.65. The third-order valence-corrected chi connectivity index (χ3v) is 3.14. The second kappa shape index (κ2) is 6.47. The van der Waals surface area contributed by atoms with Gasteiger partial charge in [-0.1, -0.05) is 13.3 Å². The second-order valence-corrected chi connectivity index (χ2v) is 5.03. The maximum absolute atomic E-state index is 12.9. The van der Waals surface area contributed by atoms with E-state index in [4.69, 9.17) is 0 Å². The summed E-state index contributed by atoms with van der Waals surface area (Å²) in [6, 6.07) is 5.97. The van der Waals surface area contributed by atoms with E-state index in [1.54, 1.807) is 19.1 Å². The Morgan fingerprint density at radius 3 is 2.67 bits per heavy atom. The van der Waals surface area contributed by atoms with E-state index in [-0.39, 0.29) is 23.6 Å². The number of nitrogens with one attached hydrogen (secondary N) is 1. The number of amides is 1. The van der Waals surface area contributed by atoms with Crippen LogP contribution in [-0.2, 0) is 0 Å². The fraction of sp³-hybridized carbons (Fsp3) is 0.400. The Morgan fingerprint density at radius 2 is 2.05 bits per heavy atom. The molecular formula is C15H19FN4O. The highest BCUT2D eigenvalue weighted by molar-refractivity contribution is 5.90. The summed E-state index contributed by atoms with van der Waals surface area (Å²) in [5.41, 5.74) is 0.669. The molecule has 1 N–H and O–H groups in total. The van der Waals surface area contributed by atoms with Crippen LogP contribution >= 0.6 is 0 Å². The Kier molecular flexibility index (Phi) is 4.67. The molecule has 0 aliphatic rings. The smallest absolute Gasteiger partial charge is 0.291 e. The molecule has 1 heterocycles. The molecule has 0 fully saturated rings. The van der Waals surface area contributed by atoms with Gasteiger partial charge in [0.2, 0.25) is 5.82 Å². The van der Waals surface area contributed by atoms with Gasteiger partial charge in [-0.2, -0.15) is 0 Å². The molecule has 1 aromatic carbocycles. The summed E-state index contributed by atoms with van der Waals surface area (Å²) in [4.78, 5) is 16.2. The van der Waals surface area contributed by atoms with Crippen molar-refractivity contribution in [1.29, 1.82) is 0 Å². The lowest BCUT2D eigenvalue weighted by Gasteiger charge is -2.10. The fourth-order valence-electron chi connectivity index (χ4n) is 2.11. The molecular weight excluding hydrogens is 271 g/mol. The van der Waals surface area contributed by atoms with Crippen LogP contribution in [0.2, 0.25) is 0 Å². The van der Waals surface area contributed by atoms with Gasteiger partial charge in [0.25, 0.3) is 5.91 Å². The minimum Gasteiger partial charge on any atom is -0.347 e. The number of nitrogens with zero attached hydrogens (tertiary/aromatic N) is 3. The molecule has 0 bridgehead atoms. The van der Waals surface area contributed by atoms with Crippen LogP contribution in [0.5, 0.6) is 0 Å². The SMILES string of the molecule is CCCC(C)NC(=O)c1nc(C)n(-c2ccc(F)cc2)n1. The van der Waals surface area contributed by atoms with Crippen LogP contribution in [0.15, 0.2) is 24.3 Å². The van der Waals surface area contributed by atoms with Crippen LogP contribution in [0, 0.1) is 12.7 Å². The van der Waals surface area contributed by atoms with Crippen molar-refractivity contribution in [1.82, 2.24) is 20.1 Å². The van der Waals surface area contributed by atoms with E-state index in [0.717, 1.165) is 12.8 Å². The zero-order chi connectivity index (χ0) is 15.4. The van der Waals surface area contributed by atoms with E-state index in [0.29, 0.717) is 11.5 Å². The van der Waals surface area contributed by atoms with E-state index in [9.17, 15) is 9.18 Å². The van der Waals surface area contributed by atoms with Gasteiger partial charge < -0.3 is 5.32 Å². The molecule has 0 aliphatic heterocycles.